The van der Waals surface area contributed by atoms with Gasteiger partial charge in [-0.15, -0.1) is 11.3 Å². The Morgan fingerprint density at radius 3 is 2.49 bits per heavy atom. The van der Waals surface area contributed by atoms with Gasteiger partial charge in [0, 0.05) is 46.2 Å². The molecule has 180 valence electrons. The van der Waals surface area contributed by atoms with Crippen molar-refractivity contribution in [2.24, 2.45) is 5.92 Å². The predicted octanol–water partition coefficient (Wildman–Crippen LogP) is 7.02. The molecule has 0 spiro atoms. The maximum Gasteiger partial charge on any atom is 0.243 e. The quantitative estimate of drug-likeness (QED) is 0.257. The van der Waals surface area contributed by atoms with Crippen LogP contribution in [0.25, 0.3) is 10.1 Å². The van der Waals surface area contributed by atoms with Gasteiger partial charge in [0.05, 0.1) is 0 Å². The number of ketones is 1. The van der Waals surface area contributed by atoms with E-state index in [0.717, 1.165) is 28.6 Å². The maximum absolute atomic E-state index is 13.3. The number of phenolic OH excluding ortho intramolecular Hbond substituents is 1. The molecule has 1 fully saturated rings. The first-order chi connectivity index (χ1) is 16.9. The van der Waals surface area contributed by atoms with Crippen molar-refractivity contribution >= 4 is 38.8 Å². The molecule has 1 aliphatic heterocycles. The molecule has 8 heteroatoms. The first-order valence-corrected chi connectivity index (χ1v) is 12.4. The summed E-state index contributed by atoms with van der Waals surface area (Å²) in [5, 5.41) is 11.2. The minimum Gasteiger partial charge on any atom is -0.508 e. The van der Waals surface area contributed by atoms with Crippen molar-refractivity contribution in [2.75, 3.05) is 19.6 Å². The van der Waals surface area contributed by atoms with E-state index < -0.39 is 12.3 Å². The Morgan fingerprint density at radius 2 is 1.80 bits per heavy atom. The van der Waals surface area contributed by atoms with E-state index in [1.165, 1.54) is 11.3 Å². The highest BCUT2D eigenvalue weighted by molar-refractivity contribution is 7.21. The Kier molecular flexibility index (Phi) is 6.73. The van der Waals surface area contributed by atoms with Crippen LogP contribution in [0, 0.1) is 5.92 Å². The van der Waals surface area contributed by atoms with Gasteiger partial charge >= 0.3 is 0 Å². The molecule has 0 saturated carbocycles. The van der Waals surface area contributed by atoms with Gasteiger partial charge in [0.2, 0.25) is 12.2 Å². The lowest BCUT2D eigenvalue weighted by atomic mass is 10.00. The average Bonchev–Trinajstić information content (AvgIpc) is 3.16. The van der Waals surface area contributed by atoms with Crippen LogP contribution in [0.5, 0.6) is 17.2 Å². The van der Waals surface area contributed by atoms with E-state index in [9.17, 15) is 18.7 Å². The molecule has 1 saturated heterocycles. The van der Waals surface area contributed by atoms with Crippen LogP contribution in [0.4, 0.5) is 8.78 Å². The summed E-state index contributed by atoms with van der Waals surface area (Å²) in [6.07, 6.45) is -1.48. The lowest BCUT2D eigenvalue weighted by molar-refractivity contribution is -0.0233. The molecule has 0 amide bonds. The van der Waals surface area contributed by atoms with Gasteiger partial charge in [-0.05, 0) is 66.6 Å². The SMILES string of the molecule is O=C(c1ccc(Cl)cc1)c1sc2cc(O)ccc2c1Oc1ccc(CCN2CC(C(F)F)C2)cc1. The largest absolute Gasteiger partial charge is 0.508 e. The molecule has 4 nitrogen and oxygen atoms in total. The van der Waals surface area contributed by atoms with Gasteiger partial charge in [-0.25, -0.2) is 8.78 Å². The third kappa shape index (κ3) is 5.17. The number of phenols is 1. The summed E-state index contributed by atoms with van der Waals surface area (Å²) in [7, 11) is 0. The van der Waals surface area contributed by atoms with E-state index in [1.54, 1.807) is 42.5 Å². The predicted molar refractivity (Wildman–Crippen MR) is 135 cm³/mol. The van der Waals surface area contributed by atoms with Crippen LogP contribution in [-0.2, 0) is 6.42 Å². The number of nitrogens with zero attached hydrogens (tertiary/aromatic N) is 1. The van der Waals surface area contributed by atoms with Crippen molar-refractivity contribution in [2.45, 2.75) is 12.8 Å². The molecule has 4 aromatic rings. The Hall–Kier alpha value is -3.00. The van der Waals surface area contributed by atoms with Gasteiger partial charge < -0.3 is 14.7 Å². The normalized spacial score (nSPS) is 14.4. The van der Waals surface area contributed by atoms with Gasteiger partial charge in [-0.3, -0.25) is 4.79 Å². The molecule has 5 rings (SSSR count). The number of alkyl halides is 2. The standard InChI is InChI=1S/C27H22ClF2NO3S/c28-19-5-3-17(4-6-19)24(33)26-25(22-10-7-20(32)13-23(22)35-26)34-21-8-1-16(2-9-21)11-12-31-14-18(15-31)27(29)30/h1-10,13,18,27,32H,11-12,14-15H2. The zero-order chi connectivity index (χ0) is 24.5. The number of likely N-dealkylation sites (tertiary alicyclic amines) is 1. The Balaban J connectivity index is 1.35. The molecule has 1 N–H and O–H groups in total. The summed E-state index contributed by atoms with van der Waals surface area (Å²) in [5.41, 5.74) is 1.57. The van der Waals surface area contributed by atoms with E-state index in [2.05, 4.69) is 0 Å². The van der Waals surface area contributed by atoms with E-state index >= 15 is 0 Å². The topological polar surface area (TPSA) is 49.8 Å². The van der Waals surface area contributed by atoms with Crippen molar-refractivity contribution in [3.8, 4) is 17.2 Å². The number of benzene rings is 3. The number of hydrogen-bond acceptors (Lipinski definition) is 5. The lowest BCUT2D eigenvalue weighted by Gasteiger charge is -2.38. The van der Waals surface area contributed by atoms with Crippen LogP contribution in [0.15, 0.2) is 66.7 Å². The molecule has 1 aromatic heterocycles. The molecule has 1 aliphatic rings. The smallest absolute Gasteiger partial charge is 0.243 e. The van der Waals surface area contributed by atoms with E-state index in [1.807, 2.05) is 29.2 Å². The first-order valence-electron chi connectivity index (χ1n) is 11.2. The Labute approximate surface area is 210 Å². The molecule has 0 radical (unpaired) electrons. The number of aromatic hydroxyl groups is 1. The molecule has 0 unspecified atom stereocenters. The molecular weight excluding hydrogens is 492 g/mol. The van der Waals surface area contributed by atoms with Crippen molar-refractivity contribution in [1.29, 1.82) is 0 Å². The van der Waals surface area contributed by atoms with Crippen molar-refractivity contribution < 1.29 is 23.4 Å². The molecule has 0 aliphatic carbocycles. The number of thiophene rings is 1. The molecule has 0 bridgehead atoms. The fourth-order valence-corrected chi connectivity index (χ4v) is 5.38. The van der Waals surface area contributed by atoms with Crippen molar-refractivity contribution in [1.82, 2.24) is 4.90 Å². The highest BCUT2D eigenvalue weighted by Gasteiger charge is 2.33. The summed E-state index contributed by atoms with van der Waals surface area (Å²) >= 11 is 7.24. The first kappa shape index (κ1) is 23.7. The molecule has 2 heterocycles. The summed E-state index contributed by atoms with van der Waals surface area (Å²) in [6, 6.07) is 19.2. The highest BCUT2D eigenvalue weighted by atomic mass is 35.5. The minimum absolute atomic E-state index is 0.113. The second-order valence-corrected chi connectivity index (χ2v) is 10.1. The third-order valence-corrected chi connectivity index (χ3v) is 7.53. The summed E-state index contributed by atoms with van der Waals surface area (Å²) in [5.74, 6) is 0.440. The second kappa shape index (κ2) is 9.93. The minimum atomic E-state index is -2.24. The van der Waals surface area contributed by atoms with Crippen LogP contribution in [-0.4, -0.2) is 41.8 Å². The summed E-state index contributed by atoms with van der Waals surface area (Å²) < 4.78 is 32.2. The van der Waals surface area contributed by atoms with Gasteiger partial charge in [-0.2, -0.15) is 0 Å². The van der Waals surface area contributed by atoms with Gasteiger partial charge in [-0.1, -0.05) is 23.7 Å². The third-order valence-electron chi connectivity index (χ3n) is 6.14. The number of rotatable bonds is 8. The van der Waals surface area contributed by atoms with Crippen molar-refractivity contribution in [3.05, 3.63) is 87.8 Å². The monoisotopic (exact) mass is 513 g/mol. The van der Waals surface area contributed by atoms with Gasteiger partial charge in [0.15, 0.2) is 5.75 Å². The number of halogens is 3. The van der Waals surface area contributed by atoms with Crippen LogP contribution in [0.1, 0.15) is 20.8 Å². The number of ether oxygens (including phenoxy) is 1. The number of hydrogen-bond donors (Lipinski definition) is 1. The molecule has 3 aromatic carbocycles. The number of carbonyl (C=O) groups is 1. The van der Waals surface area contributed by atoms with E-state index in [0.29, 0.717) is 40.1 Å². The van der Waals surface area contributed by atoms with E-state index in [-0.39, 0.29) is 11.5 Å². The second-order valence-electron chi connectivity index (χ2n) is 8.63. The van der Waals surface area contributed by atoms with Crippen LogP contribution >= 0.6 is 22.9 Å². The summed E-state index contributed by atoms with van der Waals surface area (Å²) in [4.78, 5) is 15.8. The number of carbonyl (C=O) groups excluding carboxylic acids is 1. The molecule has 35 heavy (non-hydrogen) atoms. The zero-order valence-electron chi connectivity index (χ0n) is 18.6. The number of fused-ring (bicyclic) bond motifs is 1. The van der Waals surface area contributed by atoms with Crippen molar-refractivity contribution in [3.63, 3.8) is 0 Å². The highest BCUT2D eigenvalue weighted by Crippen LogP contribution is 2.42. The lowest BCUT2D eigenvalue weighted by Crippen LogP contribution is -2.50. The van der Waals surface area contributed by atoms with Gasteiger partial charge in [0.1, 0.15) is 16.4 Å². The summed E-state index contributed by atoms with van der Waals surface area (Å²) in [6.45, 7) is 1.63. The zero-order valence-corrected chi connectivity index (χ0v) is 20.2. The Morgan fingerprint density at radius 1 is 1.09 bits per heavy atom. The molecular formula is C27H22ClF2NO3S. The Bertz CT molecular complexity index is 1350. The fourth-order valence-electron chi connectivity index (χ4n) is 4.13. The fraction of sp³-hybridized carbons (Fsp3) is 0.222. The van der Waals surface area contributed by atoms with Crippen LogP contribution in [0.2, 0.25) is 5.02 Å². The van der Waals surface area contributed by atoms with Gasteiger partial charge in [0.25, 0.3) is 0 Å². The van der Waals surface area contributed by atoms with Crippen LogP contribution in [0.3, 0.4) is 0 Å². The molecule has 0 atom stereocenters. The van der Waals surface area contributed by atoms with E-state index in [4.69, 9.17) is 16.3 Å². The maximum atomic E-state index is 13.3. The average molecular weight is 514 g/mol. The van der Waals surface area contributed by atoms with Crippen LogP contribution < -0.4 is 4.74 Å².